The summed E-state index contributed by atoms with van der Waals surface area (Å²) in [7, 11) is 0. The van der Waals surface area contributed by atoms with E-state index in [1.165, 1.54) is 22.9 Å². The molecule has 0 aliphatic carbocycles. The Labute approximate surface area is 107 Å². The number of hydrogen-bond donors (Lipinski definition) is 1. The summed E-state index contributed by atoms with van der Waals surface area (Å²) in [5.74, 6) is 0.704. The first-order valence-corrected chi connectivity index (χ1v) is 6.49. The van der Waals surface area contributed by atoms with Gasteiger partial charge in [-0.15, -0.1) is 23.7 Å². The lowest BCUT2D eigenvalue weighted by Crippen LogP contribution is -2.22. The zero-order valence-corrected chi connectivity index (χ0v) is 11.3. The van der Waals surface area contributed by atoms with Crippen LogP contribution in [0.15, 0.2) is 6.20 Å². The Hall–Kier alpha value is -0.160. The van der Waals surface area contributed by atoms with Gasteiger partial charge < -0.3 is 5.73 Å². The zero-order chi connectivity index (χ0) is 10.7. The summed E-state index contributed by atoms with van der Waals surface area (Å²) in [5.41, 5.74) is 5.68. The average Bonchev–Trinajstić information content (AvgIpc) is 2.87. The molecule has 1 aromatic rings. The van der Waals surface area contributed by atoms with E-state index in [0.29, 0.717) is 5.92 Å². The maximum Gasteiger partial charge on any atom is 0.107 e. The number of rotatable bonds is 4. The summed E-state index contributed by atoms with van der Waals surface area (Å²) in [6, 6.07) is 0. The van der Waals surface area contributed by atoms with Gasteiger partial charge in [-0.2, -0.15) is 0 Å². The van der Waals surface area contributed by atoms with E-state index in [4.69, 9.17) is 5.73 Å². The standard InChI is InChI=1S/C11H19N3S.ClH/c1-2-10-6-13-11(15-10)8-14-4-3-9(5-12)7-14;/h6,9H,2-5,7-8,12H2,1H3;1H. The maximum absolute atomic E-state index is 5.68. The minimum atomic E-state index is 0. The number of nitrogens with two attached hydrogens (primary N) is 1. The van der Waals surface area contributed by atoms with Crippen molar-refractivity contribution in [2.75, 3.05) is 19.6 Å². The van der Waals surface area contributed by atoms with Gasteiger partial charge in [0.1, 0.15) is 5.01 Å². The molecule has 2 rings (SSSR count). The van der Waals surface area contributed by atoms with Gasteiger partial charge in [0.05, 0.1) is 6.54 Å². The lowest BCUT2D eigenvalue weighted by molar-refractivity contribution is 0.317. The third-order valence-electron chi connectivity index (χ3n) is 3.01. The van der Waals surface area contributed by atoms with Gasteiger partial charge in [0.25, 0.3) is 0 Å². The molecule has 1 aromatic heterocycles. The van der Waals surface area contributed by atoms with Crippen LogP contribution in [-0.2, 0) is 13.0 Å². The largest absolute Gasteiger partial charge is 0.330 e. The van der Waals surface area contributed by atoms with E-state index < -0.39 is 0 Å². The number of aryl methyl sites for hydroxylation is 1. The van der Waals surface area contributed by atoms with Crippen LogP contribution in [-0.4, -0.2) is 29.5 Å². The van der Waals surface area contributed by atoms with E-state index in [9.17, 15) is 0 Å². The lowest BCUT2D eigenvalue weighted by atomic mass is 10.1. The van der Waals surface area contributed by atoms with Gasteiger partial charge in [0.2, 0.25) is 0 Å². The molecule has 92 valence electrons. The molecular formula is C11H20ClN3S. The van der Waals surface area contributed by atoms with Gasteiger partial charge in [-0.25, -0.2) is 4.98 Å². The number of nitrogens with zero attached hydrogens (tertiary/aromatic N) is 2. The van der Waals surface area contributed by atoms with Crippen molar-refractivity contribution < 1.29 is 0 Å². The van der Waals surface area contributed by atoms with Gasteiger partial charge in [0.15, 0.2) is 0 Å². The molecule has 2 N–H and O–H groups in total. The molecule has 5 heteroatoms. The van der Waals surface area contributed by atoms with Crippen molar-refractivity contribution in [3.05, 3.63) is 16.1 Å². The molecule has 2 heterocycles. The molecule has 1 fully saturated rings. The summed E-state index contributed by atoms with van der Waals surface area (Å²) in [5, 5.41) is 1.25. The predicted molar refractivity (Wildman–Crippen MR) is 71.2 cm³/mol. The molecule has 1 atom stereocenters. The van der Waals surface area contributed by atoms with E-state index in [1.54, 1.807) is 0 Å². The number of aromatic nitrogens is 1. The fourth-order valence-electron chi connectivity index (χ4n) is 2.02. The minimum absolute atomic E-state index is 0. The molecule has 0 radical (unpaired) electrons. The average molecular weight is 262 g/mol. The first kappa shape index (κ1) is 13.9. The number of hydrogen-bond acceptors (Lipinski definition) is 4. The molecule has 0 amide bonds. The van der Waals surface area contributed by atoms with Crippen molar-refractivity contribution in [2.45, 2.75) is 26.3 Å². The van der Waals surface area contributed by atoms with E-state index >= 15 is 0 Å². The molecule has 3 nitrogen and oxygen atoms in total. The van der Waals surface area contributed by atoms with Crippen LogP contribution in [0.1, 0.15) is 23.2 Å². The highest BCUT2D eigenvalue weighted by molar-refractivity contribution is 7.11. The summed E-state index contributed by atoms with van der Waals surface area (Å²) in [4.78, 5) is 8.30. The summed E-state index contributed by atoms with van der Waals surface area (Å²) in [6.45, 7) is 6.35. The molecule has 16 heavy (non-hydrogen) atoms. The summed E-state index contributed by atoms with van der Waals surface area (Å²) in [6.07, 6.45) is 4.36. The Kier molecular flexibility index (Phi) is 5.69. The normalized spacial score (nSPS) is 21.0. The number of thiazole rings is 1. The highest BCUT2D eigenvalue weighted by Gasteiger charge is 2.21. The van der Waals surface area contributed by atoms with Crippen molar-refractivity contribution in [1.82, 2.24) is 9.88 Å². The topological polar surface area (TPSA) is 42.2 Å². The Morgan fingerprint density at radius 1 is 1.62 bits per heavy atom. The molecule has 1 aliphatic rings. The molecule has 0 spiro atoms. The Balaban J connectivity index is 0.00000128. The zero-order valence-electron chi connectivity index (χ0n) is 9.69. The van der Waals surface area contributed by atoms with Crippen molar-refractivity contribution in [3.8, 4) is 0 Å². The fourth-order valence-corrected chi connectivity index (χ4v) is 2.93. The first-order chi connectivity index (χ1) is 7.31. The smallest absolute Gasteiger partial charge is 0.107 e. The van der Waals surface area contributed by atoms with Crippen LogP contribution < -0.4 is 5.73 Å². The quantitative estimate of drug-likeness (QED) is 0.900. The van der Waals surface area contributed by atoms with E-state index in [2.05, 4.69) is 16.8 Å². The van der Waals surface area contributed by atoms with Crippen LogP contribution in [0.25, 0.3) is 0 Å². The van der Waals surface area contributed by atoms with Crippen molar-refractivity contribution in [3.63, 3.8) is 0 Å². The first-order valence-electron chi connectivity index (χ1n) is 5.67. The Morgan fingerprint density at radius 2 is 2.44 bits per heavy atom. The highest BCUT2D eigenvalue weighted by atomic mass is 35.5. The van der Waals surface area contributed by atoms with Crippen molar-refractivity contribution in [2.24, 2.45) is 11.7 Å². The van der Waals surface area contributed by atoms with Gasteiger partial charge in [-0.05, 0) is 31.8 Å². The van der Waals surface area contributed by atoms with Gasteiger partial charge in [0, 0.05) is 17.6 Å². The molecule has 1 aliphatic heterocycles. The highest BCUT2D eigenvalue weighted by Crippen LogP contribution is 2.20. The predicted octanol–water partition coefficient (Wildman–Crippen LogP) is 1.91. The van der Waals surface area contributed by atoms with Crippen LogP contribution in [0, 0.1) is 5.92 Å². The van der Waals surface area contributed by atoms with Crippen LogP contribution >= 0.6 is 23.7 Å². The van der Waals surface area contributed by atoms with Gasteiger partial charge >= 0.3 is 0 Å². The third kappa shape index (κ3) is 3.42. The number of likely N-dealkylation sites (tertiary alicyclic amines) is 1. The van der Waals surface area contributed by atoms with Crippen LogP contribution in [0.4, 0.5) is 0 Å². The second-order valence-electron chi connectivity index (χ2n) is 4.20. The van der Waals surface area contributed by atoms with E-state index in [-0.39, 0.29) is 12.4 Å². The van der Waals surface area contributed by atoms with Gasteiger partial charge in [-0.3, -0.25) is 4.90 Å². The molecule has 0 saturated carbocycles. The molecular weight excluding hydrogens is 242 g/mol. The summed E-state index contributed by atoms with van der Waals surface area (Å²) < 4.78 is 0. The van der Waals surface area contributed by atoms with E-state index in [1.807, 2.05) is 17.5 Å². The lowest BCUT2D eigenvalue weighted by Gasteiger charge is -2.13. The molecule has 0 bridgehead atoms. The molecule has 1 unspecified atom stereocenters. The van der Waals surface area contributed by atoms with Crippen LogP contribution in [0.3, 0.4) is 0 Å². The second kappa shape index (κ2) is 6.55. The maximum atomic E-state index is 5.68. The number of halogens is 1. The van der Waals surface area contributed by atoms with Gasteiger partial charge in [-0.1, -0.05) is 6.92 Å². The van der Waals surface area contributed by atoms with Crippen LogP contribution in [0.5, 0.6) is 0 Å². The van der Waals surface area contributed by atoms with Crippen molar-refractivity contribution >= 4 is 23.7 Å². The monoisotopic (exact) mass is 261 g/mol. The second-order valence-corrected chi connectivity index (χ2v) is 5.40. The SMILES string of the molecule is CCc1cnc(CN2CCC(CN)C2)s1.Cl. The van der Waals surface area contributed by atoms with Crippen LogP contribution in [0.2, 0.25) is 0 Å². The fraction of sp³-hybridized carbons (Fsp3) is 0.727. The summed E-state index contributed by atoms with van der Waals surface area (Å²) >= 11 is 1.84. The minimum Gasteiger partial charge on any atom is -0.330 e. The Bertz CT molecular complexity index is 316. The Morgan fingerprint density at radius 3 is 3.00 bits per heavy atom. The third-order valence-corrected chi connectivity index (χ3v) is 4.14. The van der Waals surface area contributed by atoms with Crippen molar-refractivity contribution in [1.29, 1.82) is 0 Å². The van der Waals surface area contributed by atoms with E-state index in [0.717, 1.165) is 26.1 Å². The molecule has 0 aromatic carbocycles. The molecule has 1 saturated heterocycles.